The number of rotatable bonds is 4. The second-order valence-electron chi connectivity index (χ2n) is 4.48. The summed E-state index contributed by atoms with van der Waals surface area (Å²) in [6.07, 6.45) is 0.747. The number of amides is 1. The molecule has 1 aromatic heterocycles. The number of hydrogen-bond donors (Lipinski definition) is 2. The molecule has 1 aliphatic heterocycles. The van der Waals surface area contributed by atoms with Crippen LogP contribution in [0.15, 0.2) is 4.52 Å². The molecule has 1 saturated heterocycles. The molecule has 0 bridgehead atoms. The van der Waals surface area contributed by atoms with Gasteiger partial charge >= 0.3 is 0 Å². The molecule has 1 fully saturated rings. The fourth-order valence-corrected chi connectivity index (χ4v) is 1.73. The van der Waals surface area contributed by atoms with Crippen molar-refractivity contribution < 1.29 is 14.1 Å². The minimum Gasteiger partial charge on any atom is -0.370 e. The van der Waals surface area contributed by atoms with Crippen molar-refractivity contribution in [1.29, 1.82) is 0 Å². The summed E-state index contributed by atoms with van der Waals surface area (Å²) in [5.74, 6) is 0.976. The van der Waals surface area contributed by atoms with Crippen molar-refractivity contribution in [3.8, 4) is 0 Å². The highest BCUT2D eigenvalue weighted by Crippen LogP contribution is 2.26. The van der Waals surface area contributed by atoms with Crippen LogP contribution in [0.2, 0.25) is 0 Å². The van der Waals surface area contributed by atoms with Crippen LogP contribution in [0.25, 0.3) is 0 Å². The summed E-state index contributed by atoms with van der Waals surface area (Å²) in [6.45, 7) is 4.63. The normalized spacial score (nSPS) is 23.5. The molecule has 2 N–H and O–H groups in total. The van der Waals surface area contributed by atoms with Crippen LogP contribution in [0.1, 0.15) is 38.0 Å². The standard InChI is InChI=1S/C11H18N4O3/c1-4-11(2,17-3)10-14-9(18-15-10)7-5-13-8(16)6-12-7/h7,12H,4-6H2,1-3H3,(H,13,16). The largest absolute Gasteiger partial charge is 0.370 e. The summed E-state index contributed by atoms with van der Waals surface area (Å²) < 4.78 is 10.6. The fourth-order valence-electron chi connectivity index (χ4n) is 1.73. The highest BCUT2D eigenvalue weighted by molar-refractivity contribution is 5.78. The summed E-state index contributed by atoms with van der Waals surface area (Å²) in [6, 6.07) is -0.137. The van der Waals surface area contributed by atoms with E-state index in [0.717, 1.165) is 6.42 Å². The van der Waals surface area contributed by atoms with Gasteiger partial charge in [0.25, 0.3) is 0 Å². The van der Waals surface area contributed by atoms with E-state index in [2.05, 4.69) is 20.8 Å². The lowest BCUT2D eigenvalue weighted by Crippen LogP contribution is -2.47. The first-order valence-electron chi connectivity index (χ1n) is 5.98. The number of nitrogens with one attached hydrogen (secondary N) is 2. The molecule has 7 heteroatoms. The number of methoxy groups -OCH3 is 1. The summed E-state index contributed by atoms with van der Waals surface area (Å²) in [5, 5.41) is 9.74. The van der Waals surface area contributed by atoms with Gasteiger partial charge in [-0.1, -0.05) is 12.1 Å². The molecule has 100 valence electrons. The van der Waals surface area contributed by atoms with Crippen LogP contribution in [-0.2, 0) is 15.1 Å². The van der Waals surface area contributed by atoms with E-state index < -0.39 is 5.60 Å². The van der Waals surface area contributed by atoms with E-state index in [4.69, 9.17) is 9.26 Å². The maximum Gasteiger partial charge on any atom is 0.245 e. The zero-order chi connectivity index (χ0) is 13.2. The predicted octanol–water partition coefficient (Wildman–Crippen LogP) is 0.102. The van der Waals surface area contributed by atoms with Crippen molar-refractivity contribution >= 4 is 5.91 Å². The Labute approximate surface area is 105 Å². The molecule has 0 radical (unpaired) electrons. The van der Waals surface area contributed by atoms with Crippen molar-refractivity contribution in [2.24, 2.45) is 0 Å². The van der Waals surface area contributed by atoms with Crippen molar-refractivity contribution in [2.45, 2.75) is 31.9 Å². The second-order valence-corrected chi connectivity index (χ2v) is 4.48. The number of nitrogens with zero attached hydrogens (tertiary/aromatic N) is 2. The summed E-state index contributed by atoms with van der Waals surface area (Å²) in [4.78, 5) is 15.4. The van der Waals surface area contributed by atoms with E-state index in [0.29, 0.717) is 18.3 Å². The van der Waals surface area contributed by atoms with E-state index in [1.165, 1.54) is 0 Å². The lowest BCUT2D eigenvalue weighted by Gasteiger charge is -2.22. The number of hydrogen-bond acceptors (Lipinski definition) is 6. The zero-order valence-corrected chi connectivity index (χ0v) is 10.8. The zero-order valence-electron chi connectivity index (χ0n) is 10.8. The number of carbonyl (C=O) groups excluding carboxylic acids is 1. The van der Waals surface area contributed by atoms with Crippen molar-refractivity contribution in [2.75, 3.05) is 20.2 Å². The lowest BCUT2D eigenvalue weighted by molar-refractivity contribution is -0.121. The van der Waals surface area contributed by atoms with Gasteiger partial charge in [0.05, 0.1) is 6.54 Å². The first kappa shape index (κ1) is 13.0. The van der Waals surface area contributed by atoms with Crippen LogP contribution >= 0.6 is 0 Å². The van der Waals surface area contributed by atoms with Gasteiger partial charge in [-0.25, -0.2) is 0 Å². The third kappa shape index (κ3) is 2.37. The number of ether oxygens (including phenoxy) is 1. The molecule has 2 atom stereocenters. The average molecular weight is 254 g/mol. The number of piperazine rings is 1. The number of aromatic nitrogens is 2. The summed E-state index contributed by atoms with van der Waals surface area (Å²) in [7, 11) is 1.62. The molecule has 2 rings (SSSR count). The van der Waals surface area contributed by atoms with Gasteiger partial charge in [0, 0.05) is 13.7 Å². The van der Waals surface area contributed by atoms with E-state index in [-0.39, 0.29) is 18.5 Å². The van der Waals surface area contributed by atoms with E-state index in [9.17, 15) is 4.79 Å². The Bertz CT molecular complexity index is 418. The van der Waals surface area contributed by atoms with Gasteiger partial charge in [-0.05, 0) is 13.3 Å². The first-order valence-corrected chi connectivity index (χ1v) is 5.98. The molecule has 0 aromatic carbocycles. The van der Waals surface area contributed by atoms with Gasteiger partial charge in [0.2, 0.25) is 17.6 Å². The van der Waals surface area contributed by atoms with Crippen molar-refractivity contribution in [3.05, 3.63) is 11.7 Å². The Kier molecular flexibility index (Phi) is 3.63. The summed E-state index contributed by atoms with van der Waals surface area (Å²) in [5.41, 5.74) is -0.542. The maximum absolute atomic E-state index is 11.0. The van der Waals surface area contributed by atoms with Gasteiger partial charge in [-0.2, -0.15) is 4.98 Å². The Balaban J connectivity index is 2.13. The highest BCUT2D eigenvalue weighted by Gasteiger charge is 2.32. The quantitative estimate of drug-likeness (QED) is 0.792. The van der Waals surface area contributed by atoms with E-state index in [1.807, 2.05) is 13.8 Å². The SMILES string of the molecule is CCC(C)(OC)c1noc(C2CNC(=O)CN2)n1. The van der Waals surface area contributed by atoms with Crippen LogP contribution in [0, 0.1) is 0 Å². The molecule has 0 saturated carbocycles. The summed E-state index contributed by atoms with van der Waals surface area (Å²) >= 11 is 0. The minimum atomic E-state index is -0.542. The van der Waals surface area contributed by atoms with E-state index >= 15 is 0 Å². The number of carbonyl (C=O) groups is 1. The first-order chi connectivity index (χ1) is 8.59. The lowest BCUT2D eigenvalue weighted by atomic mass is 10.0. The highest BCUT2D eigenvalue weighted by atomic mass is 16.5. The van der Waals surface area contributed by atoms with Gasteiger partial charge in [-0.3, -0.25) is 10.1 Å². The monoisotopic (exact) mass is 254 g/mol. The molecule has 2 heterocycles. The molecule has 1 aliphatic rings. The second kappa shape index (κ2) is 5.03. The molecule has 2 unspecified atom stereocenters. The Hall–Kier alpha value is -1.47. The molecule has 1 aromatic rings. The minimum absolute atomic E-state index is 0.0266. The molecular weight excluding hydrogens is 236 g/mol. The van der Waals surface area contributed by atoms with Crippen LogP contribution in [0.5, 0.6) is 0 Å². The molecule has 0 spiro atoms. The average Bonchev–Trinajstić information content (AvgIpc) is 2.89. The van der Waals surface area contributed by atoms with Crippen molar-refractivity contribution in [1.82, 2.24) is 20.8 Å². The van der Waals surface area contributed by atoms with Gasteiger partial charge in [0.15, 0.2) is 0 Å². The third-order valence-electron chi connectivity index (χ3n) is 3.35. The van der Waals surface area contributed by atoms with Crippen LogP contribution in [0.3, 0.4) is 0 Å². The Morgan fingerprint density at radius 2 is 2.39 bits per heavy atom. The van der Waals surface area contributed by atoms with Gasteiger partial charge in [0.1, 0.15) is 11.6 Å². The smallest absolute Gasteiger partial charge is 0.245 e. The fraction of sp³-hybridized carbons (Fsp3) is 0.727. The molecular formula is C11H18N4O3. The third-order valence-corrected chi connectivity index (χ3v) is 3.35. The van der Waals surface area contributed by atoms with Crippen molar-refractivity contribution in [3.63, 3.8) is 0 Å². The Morgan fingerprint density at radius 1 is 1.61 bits per heavy atom. The van der Waals surface area contributed by atoms with Crippen LogP contribution in [0.4, 0.5) is 0 Å². The maximum atomic E-state index is 11.0. The topological polar surface area (TPSA) is 89.3 Å². The van der Waals surface area contributed by atoms with Gasteiger partial charge in [-0.15, -0.1) is 0 Å². The molecule has 7 nitrogen and oxygen atoms in total. The van der Waals surface area contributed by atoms with Crippen LogP contribution in [-0.4, -0.2) is 36.2 Å². The Morgan fingerprint density at radius 3 is 2.94 bits per heavy atom. The van der Waals surface area contributed by atoms with E-state index in [1.54, 1.807) is 7.11 Å². The van der Waals surface area contributed by atoms with Gasteiger partial charge < -0.3 is 14.6 Å². The van der Waals surface area contributed by atoms with Crippen LogP contribution < -0.4 is 10.6 Å². The molecule has 18 heavy (non-hydrogen) atoms. The predicted molar refractivity (Wildman–Crippen MR) is 62.7 cm³/mol. The molecule has 0 aliphatic carbocycles. The molecule has 1 amide bonds.